The van der Waals surface area contributed by atoms with Crippen molar-refractivity contribution >= 4 is 45.7 Å². The van der Waals surface area contributed by atoms with E-state index in [1.165, 1.54) is 55.2 Å². The van der Waals surface area contributed by atoms with Crippen LogP contribution in [0.3, 0.4) is 0 Å². The fourth-order valence-electron chi connectivity index (χ4n) is 2.67. The minimum absolute atomic E-state index is 0.766. The monoisotopic (exact) mass is 682 g/mol. The first-order chi connectivity index (χ1) is 9.59. The SMILES string of the molecule is Cn1ccn(C2CCCCC2)[c]1=[Pt].IN(I)C1CCC1. The zero-order chi connectivity index (χ0) is 14.5. The molecule has 0 aromatic carbocycles. The Hall–Kier alpha value is 1.32. The summed E-state index contributed by atoms with van der Waals surface area (Å²) in [5, 5.41) is 0. The van der Waals surface area contributed by atoms with E-state index >= 15 is 0 Å². The number of aromatic nitrogens is 2. The van der Waals surface area contributed by atoms with E-state index in [0.717, 1.165) is 12.1 Å². The summed E-state index contributed by atoms with van der Waals surface area (Å²) < 4.78 is 8.22. The van der Waals surface area contributed by atoms with Crippen LogP contribution in [0.1, 0.15) is 57.4 Å². The summed E-state index contributed by atoms with van der Waals surface area (Å²) >= 11 is 7.09. The molecule has 1 heterocycles. The van der Waals surface area contributed by atoms with Crippen molar-refractivity contribution in [1.29, 1.82) is 0 Å². The van der Waals surface area contributed by atoms with Gasteiger partial charge in [-0.25, -0.2) is 0 Å². The van der Waals surface area contributed by atoms with Crippen molar-refractivity contribution in [3.63, 3.8) is 0 Å². The Labute approximate surface area is 160 Å². The molecule has 0 aliphatic heterocycles. The molecule has 6 heteroatoms. The van der Waals surface area contributed by atoms with Gasteiger partial charge >= 0.3 is 89.9 Å². The molecule has 0 unspecified atom stereocenters. The molecule has 0 saturated heterocycles. The topological polar surface area (TPSA) is 13.1 Å². The van der Waals surface area contributed by atoms with Crippen LogP contribution in [0.4, 0.5) is 0 Å². The van der Waals surface area contributed by atoms with E-state index in [4.69, 9.17) is 0 Å². The number of aryl methyl sites for hydroxylation is 1. The Morgan fingerprint density at radius 3 is 2.05 bits per heavy atom. The van der Waals surface area contributed by atoms with Gasteiger partial charge < -0.3 is 0 Å². The third-order valence-corrected chi connectivity index (χ3v) is 7.20. The number of halogens is 2. The van der Waals surface area contributed by atoms with E-state index in [9.17, 15) is 0 Å². The molecule has 2 aliphatic rings. The van der Waals surface area contributed by atoms with Crippen molar-refractivity contribution in [2.45, 2.75) is 63.5 Å². The van der Waals surface area contributed by atoms with Crippen LogP contribution >= 0.6 is 45.7 Å². The molecular formula is C14H23I2N3Pt. The van der Waals surface area contributed by atoms with Crippen molar-refractivity contribution < 1.29 is 19.4 Å². The van der Waals surface area contributed by atoms with Crippen molar-refractivity contribution in [1.82, 2.24) is 10.5 Å². The Balaban J connectivity index is 0.000000178. The summed E-state index contributed by atoms with van der Waals surface area (Å²) in [5.41, 5.74) is 0. The predicted octanol–water partition coefficient (Wildman–Crippen LogP) is 4.95. The third kappa shape index (κ3) is 4.91. The molecule has 2 saturated carbocycles. The van der Waals surface area contributed by atoms with Crippen LogP contribution in [0.2, 0.25) is 0 Å². The van der Waals surface area contributed by atoms with Crippen LogP contribution in [-0.4, -0.2) is 16.5 Å². The average Bonchev–Trinajstić information content (AvgIpc) is 2.69. The van der Waals surface area contributed by atoms with E-state index in [1.54, 1.807) is 0 Å². The van der Waals surface area contributed by atoms with Gasteiger partial charge in [-0.2, -0.15) is 1.33 Å². The Morgan fingerprint density at radius 1 is 1.05 bits per heavy atom. The minimum atomic E-state index is 0.766. The quantitative estimate of drug-likeness (QED) is 0.318. The summed E-state index contributed by atoms with van der Waals surface area (Å²) in [7, 11) is 2.11. The normalized spacial score (nSPS) is 20.5. The molecule has 1 aromatic rings. The van der Waals surface area contributed by atoms with Crippen LogP contribution < -0.4 is 0 Å². The summed E-state index contributed by atoms with van der Waals surface area (Å²) in [6.45, 7) is 0. The van der Waals surface area contributed by atoms with Crippen LogP contribution in [0, 0.1) is 3.80 Å². The first-order valence-electron chi connectivity index (χ1n) is 7.39. The first-order valence-corrected chi connectivity index (χ1v) is 10.5. The van der Waals surface area contributed by atoms with E-state index in [1.807, 2.05) is 0 Å². The summed E-state index contributed by atoms with van der Waals surface area (Å²) in [6, 6.07) is 1.66. The van der Waals surface area contributed by atoms with Gasteiger partial charge in [-0.05, 0) is 12.8 Å². The standard InChI is InChI=1S/C10H16N2.C4H7I2N.Pt/c1-11-7-8-12(9-11)10-5-3-2-4-6-10;5-7(6)4-2-1-3-4;/h7-8,10H,2-6H2,1H3;4H,1-3H2;. The molecule has 0 amide bonds. The van der Waals surface area contributed by atoms with Gasteiger partial charge in [0.2, 0.25) is 0 Å². The minimum Gasteiger partial charge on any atom is -0.185 e. The number of hydrogen-bond acceptors (Lipinski definition) is 1. The number of rotatable bonds is 2. The van der Waals surface area contributed by atoms with E-state index in [2.05, 4.69) is 95.0 Å². The molecule has 0 radical (unpaired) electrons. The zero-order valence-corrected chi connectivity index (χ0v) is 18.5. The van der Waals surface area contributed by atoms with Gasteiger partial charge in [0.05, 0.1) is 0 Å². The maximum atomic E-state index is 2.43. The van der Waals surface area contributed by atoms with Crippen molar-refractivity contribution in [3.8, 4) is 0 Å². The van der Waals surface area contributed by atoms with Gasteiger partial charge in [0.1, 0.15) is 0 Å². The number of imidazole rings is 1. The van der Waals surface area contributed by atoms with Gasteiger partial charge in [0, 0.05) is 51.8 Å². The molecule has 3 nitrogen and oxygen atoms in total. The van der Waals surface area contributed by atoms with Crippen LogP contribution in [0.15, 0.2) is 12.4 Å². The van der Waals surface area contributed by atoms with Crippen molar-refractivity contribution in [2.75, 3.05) is 0 Å². The molecule has 1 aromatic heterocycles. The smallest absolute Gasteiger partial charge is 0.0311 e. The number of hydrogen-bond donors (Lipinski definition) is 0. The Morgan fingerprint density at radius 2 is 1.70 bits per heavy atom. The van der Waals surface area contributed by atoms with Crippen molar-refractivity contribution in [3.05, 3.63) is 16.2 Å². The largest absolute Gasteiger partial charge is 0.185 e. The molecular weight excluding hydrogens is 659 g/mol. The zero-order valence-electron chi connectivity index (χ0n) is 11.9. The molecule has 2 aliphatic carbocycles. The number of nitrogens with zero attached hydrogens (tertiary/aromatic N) is 3. The second-order valence-electron chi connectivity index (χ2n) is 5.69. The first kappa shape index (κ1) is 17.7. The molecule has 0 atom stereocenters. The maximum Gasteiger partial charge on any atom is 0.0311 e. The fourth-order valence-corrected chi connectivity index (χ4v) is 4.54. The Bertz CT molecular complexity index is 459. The van der Waals surface area contributed by atoms with Crippen LogP contribution in [0.5, 0.6) is 0 Å². The van der Waals surface area contributed by atoms with Gasteiger partial charge in [-0.15, -0.1) is 0 Å². The molecule has 20 heavy (non-hydrogen) atoms. The Kier molecular flexibility index (Phi) is 7.79. The second kappa shape index (κ2) is 8.82. The summed E-state index contributed by atoms with van der Waals surface area (Å²) in [4.78, 5) is 0. The van der Waals surface area contributed by atoms with Gasteiger partial charge in [-0.3, -0.25) is 0 Å². The molecule has 0 bridgehead atoms. The molecule has 118 valence electrons. The van der Waals surface area contributed by atoms with E-state index < -0.39 is 0 Å². The van der Waals surface area contributed by atoms with Crippen LogP contribution in [-0.2, 0) is 26.4 Å². The van der Waals surface area contributed by atoms with Gasteiger partial charge in [0.15, 0.2) is 0 Å². The third-order valence-electron chi connectivity index (χ3n) is 4.24. The van der Waals surface area contributed by atoms with E-state index in [-0.39, 0.29) is 0 Å². The van der Waals surface area contributed by atoms with Crippen LogP contribution in [0.25, 0.3) is 0 Å². The molecule has 0 spiro atoms. The average molecular weight is 682 g/mol. The second-order valence-corrected chi connectivity index (χ2v) is 10.6. The maximum absolute atomic E-state index is 2.43. The summed E-state index contributed by atoms with van der Waals surface area (Å²) in [6.07, 6.45) is 15.6. The van der Waals surface area contributed by atoms with Crippen molar-refractivity contribution in [2.24, 2.45) is 7.05 Å². The molecule has 3 rings (SSSR count). The predicted molar refractivity (Wildman–Crippen MR) is 96.3 cm³/mol. The summed E-state index contributed by atoms with van der Waals surface area (Å²) in [5.74, 6) is 0. The molecule has 2 fully saturated rings. The van der Waals surface area contributed by atoms with Gasteiger partial charge in [0.25, 0.3) is 0 Å². The fraction of sp³-hybridized carbons (Fsp3) is 0.786. The van der Waals surface area contributed by atoms with Gasteiger partial charge in [-0.1, -0.05) is 6.42 Å². The molecule has 0 N–H and O–H groups in total. The van der Waals surface area contributed by atoms with E-state index in [0.29, 0.717) is 0 Å².